The van der Waals surface area contributed by atoms with E-state index in [0.717, 1.165) is 18.4 Å². The lowest BCUT2D eigenvalue weighted by atomic mass is 10.1. The molecule has 0 saturated carbocycles. The van der Waals surface area contributed by atoms with Gasteiger partial charge in [-0.1, -0.05) is 11.6 Å². The summed E-state index contributed by atoms with van der Waals surface area (Å²) in [6.07, 6.45) is -9.60. The molecule has 0 amide bonds. The van der Waals surface area contributed by atoms with Crippen LogP contribution in [-0.4, -0.2) is 23.1 Å². The minimum absolute atomic E-state index is 0.168. The number of alkyl halides is 6. The van der Waals surface area contributed by atoms with Crippen molar-refractivity contribution in [2.24, 2.45) is 0 Å². The van der Waals surface area contributed by atoms with Gasteiger partial charge < -0.3 is 0 Å². The molecule has 2 aromatic rings. The maximum atomic E-state index is 12.9. The van der Waals surface area contributed by atoms with Crippen LogP contribution in [0.2, 0.25) is 5.02 Å². The fourth-order valence-electron chi connectivity index (χ4n) is 2.14. The van der Waals surface area contributed by atoms with Crippen molar-refractivity contribution in [3.8, 4) is 0 Å². The number of nitrogens with one attached hydrogen (secondary N) is 1. The summed E-state index contributed by atoms with van der Waals surface area (Å²) >= 11 is 5.73. The van der Waals surface area contributed by atoms with Gasteiger partial charge in [0, 0.05) is 6.26 Å². The Bertz CT molecular complexity index is 1130. The number of hydrogen-bond acceptors (Lipinski definition) is 4. The summed E-state index contributed by atoms with van der Waals surface area (Å²) in [5, 5.41) is -0.493. The second kappa shape index (κ2) is 7.36. The zero-order chi connectivity index (χ0) is 22.4. The maximum Gasteiger partial charge on any atom is 0.416 e. The quantitative estimate of drug-likeness (QED) is 0.648. The van der Waals surface area contributed by atoms with Gasteiger partial charge >= 0.3 is 12.4 Å². The molecule has 1 N–H and O–H groups in total. The van der Waals surface area contributed by atoms with Crippen molar-refractivity contribution >= 4 is 37.1 Å². The van der Waals surface area contributed by atoms with Gasteiger partial charge in [0.1, 0.15) is 4.90 Å². The van der Waals surface area contributed by atoms with E-state index in [2.05, 4.69) is 0 Å². The van der Waals surface area contributed by atoms with Crippen molar-refractivity contribution in [2.75, 3.05) is 11.0 Å². The van der Waals surface area contributed by atoms with E-state index in [1.54, 1.807) is 4.72 Å². The van der Waals surface area contributed by atoms with Gasteiger partial charge in [-0.15, -0.1) is 0 Å². The number of halogens is 7. The number of benzene rings is 2. The smallest absolute Gasteiger partial charge is 0.280 e. The van der Waals surface area contributed by atoms with Crippen LogP contribution in [0, 0.1) is 0 Å². The monoisotopic (exact) mass is 481 g/mol. The number of sulfone groups is 1. The molecule has 160 valence electrons. The summed E-state index contributed by atoms with van der Waals surface area (Å²) in [5.74, 6) is 0. The highest BCUT2D eigenvalue weighted by atomic mass is 35.5. The normalized spacial score (nSPS) is 13.4. The maximum absolute atomic E-state index is 12.9. The molecule has 2 rings (SSSR count). The van der Waals surface area contributed by atoms with Crippen LogP contribution >= 0.6 is 11.6 Å². The molecule has 0 aliphatic rings. The molecule has 5 nitrogen and oxygen atoms in total. The highest BCUT2D eigenvalue weighted by Gasteiger charge is 2.37. The molecule has 0 saturated heterocycles. The van der Waals surface area contributed by atoms with Gasteiger partial charge in [0.15, 0.2) is 9.84 Å². The summed E-state index contributed by atoms with van der Waals surface area (Å²) in [6.45, 7) is 0. The molecule has 0 aliphatic heterocycles. The van der Waals surface area contributed by atoms with Gasteiger partial charge in [-0.3, -0.25) is 4.72 Å². The summed E-state index contributed by atoms with van der Waals surface area (Å²) in [4.78, 5) is -1.31. The first-order chi connectivity index (χ1) is 12.9. The molecule has 2 aromatic carbocycles. The predicted octanol–water partition coefficient (Wildman–Crippen LogP) is 4.58. The highest BCUT2D eigenvalue weighted by Crippen LogP contribution is 2.38. The third kappa shape index (κ3) is 5.54. The van der Waals surface area contributed by atoms with Gasteiger partial charge in [0.2, 0.25) is 0 Å². The van der Waals surface area contributed by atoms with Crippen LogP contribution < -0.4 is 4.72 Å². The third-order valence-corrected chi connectivity index (χ3v) is 6.43. The van der Waals surface area contributed by atoms with Gasteiger partial charge in [-0.05, 0) is 36.4 Å². The standard InChI is InChI=1S/C15H10ClF6NO4S2/c1-28(24,25)11-2-3-12(16)13(7-11)29(26,27)23-10-5-8(14(17,18)19)4-9(6-10)15(20,21)22/h2-7,23H,1H3. The molecule has 0 aromatic heterocycles. The number of hydrogen-bond donors (Lipinski definition) is 1. The van der Waals surface area contributed by atoms with E-state index in [1.165, 1.54) is 0 Å². The Morgan fingerprint density at radius 2 is 1.31 bits per heavy atom. The van der Waals surface area contributed by atoms with Crippen molar-refractivity contribution in [1.29, 1.82) is 0 Å². The molecule has 0 bridgehead atoms. The van der Waals surface area contributed by atoms with Crippen LogP contribution in [0.1, 0.15) is 11.1 Å². The Morgan fingerprint density at radius 1 is 0.828 bits per heavy atom. The molecule has 29 heavy (non-hydrogen) atoms. The number of anilines is 1. The summed E-state index contributed by atoms with van der Waals surface area (Å²) in [5.41, 5.74) is -4.50. The van der Waals surface area contributed by atoms with Crippen molar-refractivity contribution in [1.82, 2.24) is 0 Å². The minimum Gasteiger partial charge on any atom is -0.280 e. The lowest BCUT2D eigenvalue weighted by molar-refractivity contribution is -0.143. The molecule has 0 heterocycles. The number of sulfonamides is 1. The average Bonchev–Trinajstić information content (AvgIpc) is 2.51. The molecule has 0 spiro atoms. The molecule has 14 heteroatoms. The lowest BCUT2D eigenvalue weighted by Crippen LogP contribution is -2.17. The average molecular weight is 482 g/mol. The molecule has 0 aliphatic carbocycles. The third-order valence-electron chi connectivity index (χ3n) is 3.46. The molecular formula is C15H10ClF6NO4S2. The fraction of sp³-hybridized carbons (Fsp3) is 0.200. The first kappa shape index (κ1) is 23.3. The van der Waals surface area contributed by atoms with Crippen LogP contribution in [0.4, 0.5) is 32.0 Å². The SMILES string of the molecule is CS(=O)(=O)c1ccc(Cl)c(S(=O)(=O)Nc2cc(C(F)(F)F)cc(C(F)(F)F)c2)c1. The zero-order valence-electron chi connectivity index (χ0n) is 14.1. The Balaban J connectivity index is 2.61. The van der Waals surface area contributed by atoms with Crippen LogP contribution in [0.5, 0.6) is 0 Å². The molecule has 0 atom stereocenters. The van der Waals surface area contributed by atoms with E-state index in [4.69, 9.17) is 11.6 Å². The largest absolute Gasteiger partial charge is 0.416 e. The summed E-state index contributed by atoms with van der Waals surface area (Å²) in [6, 6.07) is 2.71. The predicted molar refractivity (Wildman–Crippen MR) is 91.8 cm³/mol. The Labute approximate surface area is 166 Å². The van der Waals surface area contributed by atoms with E-state index < -0.39 is 63.8 Å². The lowest BCUT2D eigenvalue weighted by Gasteiger charge is -2.16. The van der Waals surface area contributed by atoms with Gasteiger partial charge in [-0.2, -0.15) is 26.3 Å². The second-order valence-electron chi connectivity index (χ2n) is 5.76. The zero-order valence-corrected chi connectivity index (χ0v) is 16.4. The first-order valence-electron chi connectivity index (χ1n) is 7.23. The minimum atomic E-state index is -5.19. The van der Waals surface area contributed by atoms with E-state index in [1.807, 2.05) is 0 Å². The van der Waals surface area contributed by atoms with E-state index in [0.29, 0.717) is 6.07 Å². The van der Waals surface area contributed by atoms with Crippen molar-refractivity contribution in [2.45, 2.75) is 22.1 Å². The highest BCUT2D eigenvalue weighted by molar-refractivity contribution is 7.93. The molecule has 0 fully saturated rings. The van der Waals surface area contributed by atoms with E-state index in [9.17, 15) is 43.2 Å². The van der Waals surface area contributed by atoms with Crippen LogP contribution in [0.25, 0.3) is 0 Å². The topological polar surface area (TPSA) is 80.3 Å². The van der Waals surface area contributed by atoms with Crippen LogP contribution in [0.15, 0.2) is 46.2 Å². The Hall–Kier alpha value is -1.99. The van der Waals surface area contributed by atoms with Gasteiger partial charge in [0.05, 0.1) is 26.7 Å². The van der Waals surface area contributed by atoms with Crippen LogP contribution in [-0.2, 0) is 32.2 Å². The number of rotatable bonds is 4. The van der Waals surface area contributed by atoms with Gasteiger partial charge in [0.25, 0.3) is 10.0 Å². The second-order valence-corrected chi connectivity index (χ2v) is 9.84. The van der Waals surface area contributed by atoms with Crippen LogP contribution in [0.3, 0.4) is 0 Å². The summed E-state index contributed by atoms with van der Waals surface area (Å²) in [7, 11) is -8.71. The van der Waals surface area contributed by atoms with E-state index >= 15 is 0 Å². The molecular weight excluding hydrogens is 472 g/mol. The van der Waals surface area contributed by atoms with Crippen molar-refractivity contribution in [3.05, 3.63) is 52.5 Å². The van der Waals surface area contributed by atoms with Crippen molar-refractivity contribution in [3.63, 3.8) is 0 Å². The summed E-state index contributed by atoms with van der Waals surface area (Å²) < 4.78 is 127. The molecule has 0 radical (unpaired) electrons. The first-order valence-corrected chi connectivity index (χ1v) is 11.0. The Kier molecular flexibility index (Phi) is 5.91. The molecule has 0 unspecified atom stereocenters. The fourth-order valence-corrected chi connectivity index (χ4v) is 4.43. The van der Waals surface area contributed by atoms with Crippen molar-refractivity contribution < 1.29 is 43.2 Å². The Morgan fingerprint density at radius 3 is 1.72 bits per heavy atom. The van der Waals surface area contributed by atoms with Gasteiger partial charge in [-0.25, -0.2) is 16.8 Å². The van der Waals surface area contributed by atoms with E-state index in [-0.39, 0.29) is 18.2 Å².